The predicted octanol–water partition coefficient (Wildman–Crippen LogP) is 2.65. The number of hydrogen-bond donors (Lipinski definition) is 0. The number of benzene rings is 1. The molecule has 0 aliphatic carbocycles. The molecule has 0 aromatic heterocycles. The molecule has 1 saturated heterocycles. The number of hydrogen-bond acceptors (Lipinski definition) is 5. The number of rotatable bonds is 3. The minimum atomic E-state index is -0.690. The predicted molar refractivity (Wildman–Crippen MR) is 69.3 cm³/mol. The molecule has 2 rings (SSSR count). The van der Waals surface area contributed by atoms with E-state index < -0.39 is 5.97 Å². The summed E-state index contributed by atoms with van der Waals surface area (Å²) in [5.41, 5.74) is 8.87. The van der Waals surface area contributed by atoms with Gasteiger partial charge in [0.2, 0.25) is 0 Å². The minimum absolute atomic E-state index is 0.236. The second-order valence-corrected chi connectivity index (χ2v) is 4.17. The van der Waals surface area contributed by atoms with Crippen molar-refractivity contribution in [3.8, 4) is 0 Å². The lowest BCUT2D eigenvalue weighted by Crippen LogP contribution is -2.31. The van der Waals surface area contributed by atoms with E-state index in [0.29, 0.717) is 17.1 Å². The van der Waals surface area contributed by atoms with Gasteiger partial charge in [0.25, 0.3) is 5.91 Å². The van der Waals surface area contributed by atoms with Gasteiger partial charge in [-0.3, -0.25) is 4.79 Å². The molecule has 1 aromatic rings. The molecule has 1 heterocycles. The van der Waals surface area contributed by atoms with E-state index in [0.717, 1.165) is 5.06 Å². The van der Waals surface area contributed by atoms with Crippen molar-refractivity contribution in [1.29, 1.82) is 0 Å². The van der Waals surface area contributed by atoms with Crippen LogP contribution in [0.2, 0.25) is 0 Å². The van der Waals surface area contributed by atoms with Crippen LogP contribution in [0, 0.1) is 0 Å². The fourth-order valence-electron chi connectivity index (χ4n) is 1.51. The van der Waals surface area contributed by atoms with E-state index >= 15 is 0 Å². The van der Waals surface area contributed by atoms with Gasteiger partial charge in [-0.15, -0.1) is 5.06 Å². The van der Waals surface area contributed by atoms with Gasteiger partial charge in [0.15, 0.2) is 0 Å². The molecule has 0 bridgehead atoms. The topological polar surface area (TPSA) is 95.4 Å². The summed E-state index contributed by atoms with van der Waals surface area (Å²) >= 11 is 4.91. The Hall–Kier alpha value is -2.44. The first-order valence-corrected chi connectivity index (χ1v) is 5.76. The third kappa shape index (κ3) is 2.87. The second-order valence-electron chi connectivity index (χ2n) is 3.70. The third-order valence-corrected chi connectivity index (χ3v) is 2.81. The first-order valence-electron chi connectivity index (χ1n) is 5.35. The SMILES string of the molecule is [N-]=[N+]=Nc1ccc(C(=O)ON2C(=O)CCC2=S)cc1. The summed E-state index contributed by atoms with van der Waals surface area (Å²) in [7, 11) is 0. The van der Waals surface area contributed by atoms with Gasteiger partial charge in [-0.25, -0.2) is 4.79 Å². The molecule has 7 nitrogen and oxygen atoms in total. The van der Waals surface area contributed by atoms with Gasteiger partial charge in [-0.05, 0) is 17.7 Å². The molecule has 1 aromatic carbocycles. The number of thiocarbonyl (C=S) groups is 1. The van der Waals surface area contributed by atoms with Crippen LogP contribution in [0.25, 0.3) is 10.4 Å². The van der Waals surface area contributed by atoms with Crippen LogP contribution in [0.3, 0.4) is 0 Å². The van der Waals surface area contributed by atoms with Crippen molar-refractivity contribution < 1.29 is 14.4 Å². The minimum Gasteiger partial charge on any atom is -0.327 e. The first-order chi connectivity index (χ1) is 9.11. The number of carbonyl (C=O) groups excluding carboxylic acids is 2. The average molecular weight is 276 g/mol. The molecule has 0 radical (unpaired) electrons. The molecule has 0 atom stereocenters. The Bertz CT molecular complexity index is 576. The summed E-state index contributed by atoms with van der Waals surface area (Å²) in [5, 5.41) is 4.22. The normalized spacial score (nSPS) is 14.2. The number of amides is 1. The molecule has 96 valence electrons. The van der Waals surface area contributed by atoms with Crippen LogP contribution in [0.1, 0.15) is 23.2 Å². The monoisotopic (exact) mass is 276 g/mol. The highest BCUT2D eigenvalue weighted by atomic mass is 32.1. The lowest BCUT2D eigenvalue weighted by Gasteiger charge is -2.14. The maximum absolute atomic E-state index is 11.8. The zero-order valence-corrected chi connectivity index (χ0v) is 10.5. The Labute approximate surface area is 113 Å². The maximum atomic E-state index is 11.8. The largest absolute Gasteiger partial charge is 0.363 e. The van der Waals surface area contributed by atoms with E-state index in [4.69, 9.17) is 22.6 Å². The molecule has 8 heteroatoms. The zero-order chi connectivity index (χ0) is 13.8. The lowest BCUT2D eigenvalue weighted by molar-refractivity contribution is -0.147. The average Bonchev–Trinajstić information content (AvgIpc) is 2.72. The third-order valence-electron chi connectivity index (χ3n) is 2.44. The molecule has 0 spiro atoms. The maximum Gasteiger partial charge on any atom is 0.363 e. The highest BCUT2D eigenvalue weighted by Crippen LogP contribution is 2.17. The Morgan fingerprint density at radius 1 is 1.37 bits per heavy atom. The van der Waals surface area contributed by atoms with Crippen LogP contribution in [0.4, 0.5) is 5.69 Å². The van der Waals surface area contributed by atoms with Gasteiger partial charge in [-0.1, -0.05) is 29.5 Å². The van der Waals surface area contributed by atoms with E-state index in [2.05, 4.69) is 10.0 Å². The van der Waals surface area contributed by atoms with Gasteiger partial charge >= 0.3 is 5.97 Å². The fraction of sp³-hybridized carbons (Fsp3) is 0.182. The van der Waals surface area contributed by atoms with E-state index in [1.807, 2.05) is 0 Å². The van der Waals surface area contributed by atoms with Gasteiger partial charge < -0.3 is 4.84 Å². The lowest BCUT2D eigenvalue weighted by atomic mass is 10.2. The summed E-state index contributed by atoms with van der Waals surface area (Å²) < 4.78 is 0. The van der Waals surface area contributed by atoms with Crippen LogP contribution in [-0.4, -0.2) is 21.9 Å². The molecule has 0 saturated carbocycles. The second kappa shape index (κ2) is 5.47. The summed E-state index contributed by atoms with van der Waals surface area (Å²) in [4.78, 5) is 31.0. The molecule has 1 aliphatic heterocycles. The Morgan fingerprint density at radius 2 is 2.05 bits per heavy atom. The van der Waals surface area contributed by atoms with Crippen LogP contribution < -0.4 is 0 Å². The van der Waals surface area contributed by atoms with Gasteiger partial charge in [-0.2, -0.15) is 0 Å². The van der Waals surface area contributed by atoms with E-state index in [1.54, 1.807) is 0 Å². The van der Waals surface area contributed by atoms with Crippen molar-refractivity contribution >= 4 is 34.8 Å². The summed E-state index contributed by atoms with van der Waals surface area (Å²) in [6.45, 7) is 0. The molecule has 1 aliphatic rings. The molecule has 0 N–H and O–H groups in total. The fourth-order valence-corrected chi connectivity index (χ4v) is 1.75. The van der Waals surface area contributed by atoms with Crippen LogP contribution in [0.15, 0.2) is 29.4 Å². The van der Waals surface area contributed by atoms with Crippen LogP contribution in [-0.2, 0) is 9.63 Å². The Balaban J connectivity index is 2.09. The smallest absolute Gasteiger partial charge is 0.327 e. The summed E-state index contributed by atoms with van der Waals surface area (Å²) in [5.74, 6) is -1.02. The van der Waals surface area contributed by atoms with Crippen molar-refractivity contribution in [2.24, 2.45) is 5.11 Å². The molecular weight excluding hydrogens is 268 g/mol. The standard InChI is InChI=1S/C11H8N4O3S/c12-14-13-8-3-1-7(2-4-8)11(17)18-15-9(16)5-6-10(15)19/h1-4H,5-6H2. The number of carbonyl (C=O) groups is 2. The van der Waals surface area contributed by atoms with Crippen LogP contribution >= 0.6 is 12.2 Å². The van der Waals surface area contributed by atoms with Gasteiger partial charge in [0.1, 0.15) is 4.99 Å². The Kier molecular flexibility index (Phi) is 3.74. The van der Waals surface area contributed by atoms with Crippen molar-refractivity contribution in [3.63, 3.8) is 0 Å². The summed E-state index contributed by atoms with van der Waals surface area (Å²) in [6, 6.07) is 5.83. The quantitative estimate of drug-likeness (QED) is 0.367. The van der Waals surface area contributed by atoms with Gasteiger partial charge in [0.05, 0.1) is 5.56 Å². The van der Waals surface area contributed by atoms with Crippen molar-refractivity contribution in [1.82, 2.24) is 5.06 Å². The number of azide groups is 1. The molecule has 19 heavy (non-hydrogen) atoms. The Morgan fingerprint density at radius 3 is 2.58 bits per heavy atom. The van der Waals surface area contributed by atoms with Gasteiger partial charge in [0, 0.05) is 23.4 Å². The number of nitrogens with zero attached hydrogens (tertiary/aromatic N) is 4. The first kappa shape index (κ1) is 13.0. The molecule has 1 fully saturated rings. The summed E-state index contributed by atoms with van der Waals surface area (Å²) in [6.07, 6.45) is 0.666. The van der Waals surface area contributed by atoms with E-state index in [-0.39, 0.29) is 17.9 Å². The highest BCUT2D eigenvalue weighted by Gasteiger charge is 2.29. The van der Waals surface area contributed by atoms with Crippen LogP contribution in [0.5, 0.6) is 0 Å². The van der Waals surface area contributed by atoms with Crippen molar-refractivity contribution in [2.45, 2.75) is 12.8 Å². The van der Waals surface area contributed by atoms with Crippen molar-refractivity contribution in [3.05, 3.63) is 40.3 Å². The molecule has 0 unspecified atom stereocenters. The zero-order valence-electron chi connectivity index (χ0n) is 9.65. The highest BCUT2D eigenvalue weighted by molar-refractivity contribution is 7.80. The molecular formula is C11H8N4O3S. The van der Waals surface area contributed by atoms with Crippen molar-refractivity contribution in [2.75, 3.05) is 0 Å². The number of hydroxylamine groups is 2. The molecule has 1 amide bonds. The van der Waals surface area contributed by atoms with E-state index in [9.17, 15) is 9.59 Å². The van der Waals surface area contributed by atoms with E-state index in [1.165, 1.54) is 24.3 Å².